The van der Waals surface area contributed by atoms with Gasteiger partial charge in [0.25, 0.3) is 0 Å². The fourth-order valence-electron chi connectivity index (χ4n) is 2.20. The predicted octanol–water partition coefficient (Wildman–Crippen LogP) is 2.06. The average Bonchev–Trinajstić information content (AvgIpc) is 2.92. The summed E-state index contributed by atoms with van der Waals surface area (Å²) < 4.78 is 53.6. The van der Waals surface area contributed by atoms with Crippen LogP contribution in [0.1, 0.15) is 12.8 Å². The Balaban J connectivity index is 2.04. The molecule has 1 aromatic rings. The number of hydrogen-bond donors (Lipinski definition) is 1. The largest absolute Gasteiger partial charge is 0.492 e. The topological polar surface area (TPSA) is 55.4 Å². The number of nitrogens with one attached hydrogen (secondary N) is 1. The SMILES string of the molecule is O=S(=O)(c1ccccc1OCCC1CCNC1)C(F)F. The van der Waals surface area contributed by atoms with Crippen LogP contribution in [0.15, 0.2) is 29.2 Å². The van der Waals surface area contributed by atoms with Crippen LogP contribution < -0.4 is 10.1 Å². The second-order valence-corrected chi connectivity index (χ2v) is 6.63. The first-order chi connectivity index (χ1) is 9.51. The zero-order valence-electron chi connectivity index (χ0n) is 10.9. The first kappa shape index (κ1) is 15.2. The molecular weight excluding hydrogens is 288 g/mol. The van der Waals surface area contributed by atoms with Gasteiger partial charge in [-0.3, -0.25) is 0 Å². The van der Waals surface area contributed by atoms with Crippen LogP contribution in [0.2, 0.25) is 0 Å². The number of halogens is 2. The van der Waals surface area contributed by atoms with Gasteiger partial charge in [-0.2, -0.15) is 8.78 Å². The van der Waals surface area contributed by atoms with Gasteiger partial charge in [-0.05, 0) is 44.0 Å². The summed E-state index contributed by atoms with van der Waals surface area (Å²) in [5.74, 6) is -2.95. The molecule has 0 bridgehead atoms. The van der Waals surface area contributed by atoms with Crippen LogP contribution in [0.3, 0.4) is 0 Å². The van der Waals surface area contributed by atoms with Crippen molar-refractivity contribution in [2.24, 2.45) is 5.92 Å². The van der Waals surface area contributed by atoms with Crippen LogP contribution in [0.4, 0.5) is 8.78 Å². The van der Waals surface area contributed by atoms with Crippen LogP contribution >= 0.6 is 0 Å². The number of ether oxygens (including phenoxy) is 1. The molecule has 1 saturated heterocycles. The van der Waals surface area contributed by atoms with Crippen molar-refractivity contribution in [2.45, 2.75) is 23.5 Å². The van der Waals surface area contributed by atoms with Crippen molar-refractivity contribution in [3.8, 4) is 5.75 Å². The summed E-state index contributed by atoms with van der Waals surface area (Å²) in [7, 11) is -4.63. The van der Waals surface area contributed by atoms with Crippen molar-refractivity contribution < 1.29 is 21.9 Å². The molecule has 0 aliphatic carbocycles. The van der Waals surface area contributed by atoms with Crippen LogP contribution in [0.5, 0.6) is 5.75 Å². The standard InChI is InChI=1S/C13H17F2NO3S/c14-13(15)20(17,18)12-4-2-1-3-11(12)19-8-6-10-5-7-16-9-10/h1-4,10,13,16H,5-9H2. The van der Waals surface area contributed by atoms with E-state index >= 15 is 0 Å². The van der Waals surface area contributed by atoms with E-state index in [4.69, 9.17) is 4.74 Å². The molecule has 0 saturated carbocycles. The average molecular weight is 305 g/mol. The molecule has 0 spiro atoms. The van der Waals surface area contributed by atoms with Crippen LogP contribution in [0.25, 0.3) is 0 Å². The van der Waals surface area contributed by atoms with E-state index < -0.39 is 20.5 Å². The molecule has 1 heterocycles. The monoisotopic (exact) mass is 305 g/mol. The van der Waals surface area contributed by atoms with Crippen molar-refractivity contribution in [3.63, 3.8) is 0 Å². The van der Waals surface area contributed by atoms with Gasteiger partial charge in [0, 0.05) is 0 Å². The van der Waals surface area contributed by atoms with E-state index in [-0.39, 0.29) is 5.75 Å². The molecule has 7 heteroatoms. The van der Waals surface area contributed by atoms with Gasteiger partial charge in [0.2, 0.25) is 9.84 Å². The van der Waals surface area contributed by atoms with Crippen molar-refractivity contribution >= 4 is 9.84 Å². The molecule has 2 rings (SSSR count). The normalized spacial score (nSPS) is 19.4. The van der Waals surface area contributed by atoms with Crippen LogP contribution in [0, 0.1) is 5.92 Å². The predicted molar refractivity (Wildman–Crippen MR) is 70.7 cm³/mol. The third-order valence-corrected chi connectivity index (χ3v) is 4.76. The Labute approximate surface area is 117 Å². The Bertz CT molecular complexity index is 542. The molecule has 0 radical (unpaired) electrons. The lowest BCUT2D eigenvalue weighted by atomic mass is 10.1. The third-order valence-electron chi connectivity index (χ3n) is 3.34. The lowest BCUT2D eigenvalue weighted by Gasteiger charge is -2.13. The van der Waals surface area contributed by atoms with Gasteiger partial charge in [-0.25, -0.2) is 8.42 Å². The van der Waals surface area contributed by atoms with E-state index in [1.165, 1.54) is 12.1 Å². The summed E-state index contributed by atoms with van der Waals surface area (Å²) >= 11 is 0. The van der Waals surface area contributed by atoms with Crippen molar-refractivity contribution in [1.82, 2.24) is 5.32 Å². The summed E-state index contributed by atoms with van der Waals surface area (Å²) in [6, 6.07) is 5.52. The van der Waals surface area contributed by atoms with E-state index in [1.54, 1.807) is 6.07 Å². The number of benzene rings is 1. The Morgan fingerprint density at radius 3 is 2.75 bits per heavy atom. The molecule has 1 aliphatic rings. The fraction of sp³-hybridized carbons (Fsp3) is 0.538. The van der Waals surface area contributed by atoms with Gasteiger partial charge in [0.15, 0.2) is 0 Å². The second kappa shape index (κ2) is 6.49. The molecule has 1 aliphatic heterocycles. The maximum Gasteiger partial charge on any atom is 0.341 e. The summed E-state index contributed by atoms with van der Waals surface area (Å²) in [6.45, 7) is 2.21. The van der Waals surface area contributed by atoms with E-state index in [9.17, 15) is 17.2 Å². The first-order valence-corrected chi connectivity index (χ1v) is 8.01. The second-order valence-electron chi connectivity index (χ2n) is 4.75. The van der Waals surface area contributed by atoms with Gasteiger partial charge >= 0.3 is 5.76 Å². The first-order valence-electron chi connectivity index (χ1n) is 6.46. The zero-order valence-corrected chi connectivity index (χ0v) is 11.7. The minimum atomic E-state index is -4.63. The van der Waals surface area contributed by atoms with E-state index in [0.29, 0.717) is 12.5 Å². The number of rotatable bonds is 6. The van der Waals surface area contributed by atoms with Crippen molar-refractivity contribution in [2.75, 3.05) is 19.7 Å². The minimum absolute atomic E-state index is 0.00115. The molecule has 0 amide bonds. The quantitative estimate of drug-likeness (QED) is 0.874. The molecule has 1 N–H and O–H groups in total. The lowest BCUT2D eigenvalue weighted by Crippen LogP contribution is -2.15. The summed E-state index contributed by atoms with van der Waals surface area (Å²) in [5, 5.41) is 3.22. The third kappa shape index (κ3) is 3.46. The van der Waals surface area contributed by atoms with Crippen molar-refractivity contribution in [1.29, 1.82) is 0 Å². The molecule has 1 aromatic carbocycles. The van der Waals surface area contributed by atoms with Crippen LogP contribution in [-0.2, 0) is 9.84 Å². The molecular formula is C13H17F2NO3S. The van der Waals surface area contributed by atoms with Crippen molar-refractivity contribution in [3.05, 3.63) is 24.3 Å². The highest BCUT2D eigenvalue weighted by Gasteiger charge is 2.29. The molecule has 1 fully saturated rings. The lowest BCUT2D eigenvalue weighted by molar-refractivity contribution is 0.232. The molecule has 4 nitrogen and oxygen atoms in total. The minimum Gasteiger partial charge on any atom is -0.492 e. The Morgan fingerprint density at radius 1 is 1.35 bits per heavy atom. The number of sulfone groups is 1. The van der Waals surface area contributed by atoms with E-state index in [2.05, 4.69) is 5.32 Å². The van der Waals surface area contributed by atoms with E-state index in [1.807, 2.05) is 0 Å². The highest BCUT2D eigenvalue weighted by molar-refractivity contribution is 7.91. The maximum absolute atomic E-state index is 12.6. The van der Waals surface area contributed by atoms with Gasteiger partial charge in [0.05, 0.1) is 6.61 Å². The van der Waals surface area contributed by atoms with Gasteiger partial charge in [-0.1, -0.05) is 12.1 Å². The van der Waals surface area contributed by atoms with Gasteiger partial charge in [0.1, 0.15) is 10.6 Å². The Morgan fingerprint density at radius 2 is 2.10 bits per heavy atom. The maximum atomic E-state index is 12.6. The number of para-hydroxylation sites is 1. The highest BCUT2D eigenvalue weighted by atomic mass is 32.2. The summed E-state index contributed by atoms with van der Waals surface area (Å²) in [6.07, 6.45) is 1.83. The van der Waals surface area contributed by atoms with Crippen LogP contribution in [-0.4, -0.2) is 33.9 Å². The van der Waals surface area contributed by atoms with Gasteiger partial charge < -0.3 is 10.1 Å². The summed E-state index contributed by atoms with van der Waals surface area (Å²) in [5.41, 5.74) is 0. The fourth-order valence-corrected chi connectivity index (χ4v) is 3.06. The molecule has 112 valence electrons. The molecule has 0 aromatic heterocycles. The molecule has 20 heavy (non-hydrogen) atoms. The zero-order chi connectivity index (χ0) is 14.6. The van der Waals surface area contributed by atoms with Gasteiger partial charge in [-0.15, -0.1) is 0 Å². The highest BCUT2D eigenvalue weighted by Crippen LogP contribution is 2.28. The Hall–Kier alpha value is -1.21. The van der Waals surface area contributed by atoms with E-state index in [0.717, 1.165) is 32.0 Å². The molecule has 1 unspecified atom stereocenters. The Kier molecular flexibility index (Phi) is 4.93. The number of alkyl halides is 2. The summed E-state index contributed by atoms with van der Waals surface area (Å²) in [4.78, 5) is -0.445. The number of hydrogen-bond acceptors (Lipinski definition) is 4. The molecule has 1 atom stereocenters. The smallest absolute Gasteiger partial charge is 0.341 e.